The van der Waals surface area contributed by atoms with Crippen molar-refractivity contribution in [1.82, 2.24) is 4.90 Å². The summed E-state index contributed by atoms with van der Waals surface area (Å²) in [5.74, 6) is 0. The standard InChI is InChI=1S/C23H49N3/c1-4-6-7-8-9-10-11-12-13-14-15-16-17-18-19-20-21-26(22(3)24)23(25)5-2/h12-13,22-23H,4-11,14-21,24-25H2,1-3H3/b13-12-. The van der Waals surface area contributed by atoms with E-state index < -0.39 is 0 Å². The second-order valence-corrected chi connectivity index (χ2v) is 7.89. The average Bonchev–Trinajstić information content (AvgIpc) is 2.63. The Balaban J connectivity index is 3.36. The Kier molecular flexibility index (Phi) is 19.1. The van der Waals surface area contributed by atoms with Crippen LogP contribution in [-0.2, 0) is 0 Å². The van der Waals surface area contributed by atoms with Crippen molar-refractivity contribution in [2.45, 2.75) is 129 Å². The van der Waals surface area contributed by atoms with Crippen LogP contribution in [0.15, 0.2) is 12.2 Å². The molecular weight excluding hydrogens is 318 g/mol. The van der Waals surface area contributed by atoms with Crippen molar-refractivity contribution >= 4 is 0 Å². The summed E-state index contributed by atoms with van der Waals surface area (Å²) in [7, 11) is 0. The Bertz CT molecular complexity index is 302. The third-order valence-electron chi connectivity index (χ3n) is 5.30. The molecular formula is C23H49N3. The molecule has 0 aromatic heterocycles. The van der Waals surface area contributed by atoms with E-state index in [4.69, 9.17) is 11.5 Å². The molecule has 0 amide bonds. The molecule has 0 aromatic rings. The number of rotatable bonds is 19. The average molecular weight is 368 g/mol. The number of hydrogen-bond acceptors (Lipinski definition) is 3. The maximum atomic E-state index is 6.12. The van der Waals surface area contributed by atoms with E-state index in [0.29, 0.717) is 0 Å². The van der Waals surface area contributed by atoms with Gasteiger partial charge in [0.1, 0.15) is 0 Å². The van der Waals surface area contributed by atoms with Crippen molar-refractivity contribution in [2.75, 3.05) is 6.54 Å². The van der Waals surface area contributed by atoms with Crippen molar-refractivity contribution in [1.29, 1.82) is 0 Å². The molecule has 0 bridgehead atoms. The second kappa shape index (κ2) is 19.4. The molecule has 2 atom stereocenters. The van der Waals surface area contributed by atoms with Crippen LogP contribution in [0.4, 0.5) is 0 Å². The molecule has 0 spiro atoms. The minimum atomic E-state index is 0.0630. The lowest BCUT2D eigenvalue weighted by molar-refractivity contribution is 0.142. The Labute approximate surface area is 165 Å². The van der Waals surface area contributed by atoms with Gasteiger partial charge in [0.15, 0.2) is 0 Å². The Morgan fingerprint density at radius 3 is 1.62 bits per heavy atom. The van der Waals surface area contributed by atoms with Gasteiger partial charge in [0, 0.05) is 6.54 Å². The number of hydrogen-bond donors (Lipinski definition) is 2. The molecule has 0 aliphatic heterocycles. The topological polar surface area (TPSA) is 55.3 Å². The normalized spacial score (nSPS) is 14.4. The van der Waals surface area contributed by atoms with Gasteiger partial charge in [0.25, 0.3) is 0 Å². The SMILES string of the molecule is CCCCCCCC/C=C\CCCCCCCCN(C(C)N)C(N)CC. The summed E-state index contributed by atoms with van der Waals surface area (Å²) in [6.07, 6.45) is 24.8. The molecule has 0 radical (unpaired) electrons. The minimum Gasteiger partial charge on any atom is -0.316 e. The second-order valence-electron chi connectivity index (χ2n) is 7.89. The van der Waals surface area contributed by atoms with Crippen molar-refractivity contribution in [3.8, 4) is 0 Å². The van der Waals surface area contributed by atoms with Gasteiger partial charge >= 0.3 is 0 Å². The molecule has 0 rings (SSSR count). The lowest BCUT2D eigenvalue weighted by Gasteiger charge is -2.31. The third kappa shape index (κ3) is 15.8. The molecule has 3 nitrogen and oxygen atoms in total. The summed E-state index contributed by atoms with van der Waals surface area (Å²) >= 11 is 0. The van der Waals surface area contributed by atoms with E-state index in [1.807, 2.05) is 6.92 Å². The van der Waals surface area contributed by atoms with E-state index in [-0.39, 0.29) is 12.3 Å². The van der Waals surface area contributed by atoms with Gasteiger partial charge in [-0.05, 0) is 45.4 Å². The summed E-state index contributed by atoms with van der Waals surface area (Å²) in [6, 6.07) is 0. The highest BCUT2D eigenvalue weighted by atomic mass is 15.3. The fourth-order valence-corrected chi connectivity index (χ4v) is 3.45. The van der Waals surface area contributed by atoms with Gasteiger partial charge in [-0.1, -0.05) is 83.8 Å². The van der Waals surface area contributed by atoms with Crippen molar-refractivity contribution in [2.24, 2.45) is 11.5 Å². The predicted molar refractivity (Wildman–Crippen MR) is 118 cm³/mol. The van der Waals surface area contributed by atoms with Crippen LogP contribution >= 0.6 is 0 Å². The highest BCUT2D eigenvalue weighted by Gasteiger charge is 2.15. The first kappa shape index (κ1) is 25.6. The van der Waals surface area contributed by atoms with Crippen molar-refractivity contribution in [3.05, 3.63) is 12.2 Å². The molecule has 26 heavy (non-hydrogen) atoms. The van der Waals surface area contributed by atoms with E-state index in [1.54, 1.807) is 0 Å². The van der Waals surface area contributed by atoms with Gasteiger partial charge in [-0.15, -0.1) is 0 Å². The smallest absolute Gasteiger partial charge is 0.0582 e. The first-order valence-electron chi connectivity index (χ1n) is 11.5. The highest BCUT2D eigenvalue weighted by Crippen LogP contribution is 2.11. The van der Waals surface area contributed by atoms with Crippen LogP contribution in [0.5, 0.6) is 0 Å². The summed E-state index contributed by atoms with van der Waals surface area (Å²) in [4.78, 5) is 2.23. The number of nitrogens with zero attached hydrogens (tertiary/aromatic N) is 1. The molecule has 0 fully saturated rings. The van der Waals surface area contributed by atoms with Crippen LogP contribution in [0.2, 0.25) is 0 Å². The Morgan fingerprint density at radius 2 is 1.15 bits per heavy atom. The van der Waals surface area contributed by atoms with Crippen LogP contribution in [0, 0.1) is 0 Å². The zero-order valence-electron chi connectivity index (χ0n) is 18.2. The monoisotopic (exact) mass is 367 g/mol. The zero-order valence-corrected chi connectivity index (χ0v) is 18.2. The van der Waals surface area contributed by atoms with E-state index in [2.05, 4.69) is 30.9 Å². The molecule has 0 aliphatic rings. The molecule has 0 saturated heterocycles. The van der Waals surface area contributed by atoms with Gasteiger partial charge < -0.3 is 11.5 Å². The maximum Gasteiger partial charge on any atom is 0.0582 e. The predicted octanol–water partition coefficient (Wildman–Crippen LogP) is 6.33. The van der Waals surface area contributed by atoms with Gasteiger partial charge in [0.05, 0.1) is 12.3 Å². The van der Waals surface area contributed by atoms with E-state index >= 15 is 0 Å². The number of unbranched alkanes of at least 4 members (excludes halogenated alkanes) is 12. The van der Waals surface area contributed by atoms with Crippen molar-refractivity contribution < 1.29 is 0 Å². The summed E-state index contributed by atoms with van der Waals surface area (Å²) in [5, 5.41) is 0. The van der Waals surface area contributed by atoms with Gasteiger partial charge in [-0.25, -0.2) is 0 Å². The molecule has 2 unspecified atom stereocenters. The molecule has 0 aromatic carbocycles. The van der Waals surface area contributed by atoms with Gasteiger partial charge in [-0.2, -0.15) is 0 Å². The van der Waals surface area contributed by atoms with E-state index in [0.717, 1.165) is 13.0 Å². The Hall–Kier alpha value is -0.380. The largest absolute Gasteiger partial charge is 0.316 e. The lowest BCUT2D eigenvalue weighted by atomic mass is 10.1. The fraction of sp³-hybridized carbons (Fsp3) is 0.913. The maximum absolute atomic E-state index is 6.12. The van der Waals surface area contributed by atoms with Crippen molar-refractivity contribution in [3.63, 3.8) is 0 Å². The molecule has 0 aliphatic carbocycles. The fourth-order valence-electron chi connectivity index (χ4n) is 3.45. The van der Waals surface area contributed by atoms with Crippen LogP contribution in [-0.4, -0.2) is 23.8 Å². The third-order valence-corrected chi connectivity index (χ3v) is 5.30. The van der Waals surface area contributed by atoms with Gasteiger partial charge in [0.2, 0.25) is 0 Å². The quantitative estimate of drug-likeness (QED) is 0.159. The Morgan fingerprint density at radius 1 is 0.692 bits per heavy atom. The highest BCUT2D eigenvalue weighted by molar-refractivity contribution is 4.81. The molecule has 3 heteroatoms. The van der Waals surface area contributed by atoms with Crippen LogP contribution in [0.25, 0.3) is 0 Å². The minimum absolute atomic E-state index is 0.0630. The van der Waals surface area contributed by atoms with Crippen LogP contribution in [0.1, 0.15) is 117 Å². The van der Waals surface area contributed by atoms with E-state index in [1.165, 1.54) is 89.9 Å². The van der Waals surface area contributed by atoms with E-state index in [9.17, 15) is 0 Å². The lowest BCUT2D eigenvalue weighted by Crippen LogP contribution is -2.50. The summed E-state index contributed by atoms with van der Waals surface area (Å²) < 4.78 is 0. The molecule has 4 N–H and O–H groups in total. The zero-order chi connectivity index (χ0) is 19.5. The molecule has 0 heterocycles. The van der Waals surface area contributed by atoms with Crippen LogP contribution in [0.3, 0.4) is 0 Å². The molecule has 156 valence electrons. The number of nitrogens with two attached hydrogens (primary N) is 2. The van der Waals surface area contributed by atoms with Crippen LogP contribution < -0.4 is 11.5 Å². The first-order chi connectivity index (χ1) is 12.6. The number of allylic oxidation sites excluding steroid dienone is 2. The molecule has 0 saturated carbocycles. The summed E-state index contributed by atoms with van der Waals surface area (Å²) in [5.41, 5.74) is 12.1. The first-order valence-corrected chi connectivity index (χ1v) is 11.5. The summed E-state index contributed by atoms with van der Waals surface area (Å²) in [6.45, 7) is 7.48. The van der Waals surface area contributed by atoms with Gasteiger partial charge in [-0.3, -0.25) is 4.90 Å².